The van der Waals surface area contributed by atoms with E-state index in [0.717, 1.165) is 31.0 Å². The molecule has 1 fully saturated rings. The van der Waals surface area contributed by atoms with Crippen LogP contribution in [0.4, 0.5) is 0 Å². The Kier molecular flexibility index (Phi) is 5.94. The van der Waals surface area contributed by atoms with E-state index < -0.39 is 0 Å². The highest BCUT2D eigenvalue weighted by molar-refractivity contribution is 8.02. The summed E-state index contributed by atoms with van der Waals surface area (Å²) in [5.41, 5.74) is 5.72. The third kappa shape index (κ3) is 5.46. The number of hydrogen-bond donors (Lipinski definition) is 2. The van der Waals surface area contributed by atoms with E-state index in [4.69, 9.17) is 4.74 Å². The van der Waals surface area contributed by atoms with Crippen LogP contribution in [0.5, 0.6) is 0 Å². The minimum Gasteiger partial charge on any atom is -0.381 e. The van der Waals surface area contributed by atoms with E-state index in [-0.39, 0.29) is 5.91 Å². The van der Waals surface area contributed by atoms with Crippen molar-refractivity contribution in [1.29, 1.82) is 0 Å². The third-order valence-corrected chi connectivity index (χ3v) is 3.60. The molecule has 0 atom stereocenters. The number of thioether (sulfide) groups is 1. The molecule has 5 heteroatoms. The van der Waals surface area contributed by atoms with Gasteiger partial charge in [-0.2, -0.15) is 0 Å². The Labute approximate surface area is 117 Å². The predicted octanol–water partition coefficient (Wildman–Crippen LogP) is 2.09. The topological polar surface area (TPSA) is 50.4 Å². The van der Waals surface area contributed by atoms with Crippen molar-refractivity contribution < 1.29 is 9.53 Å². The fraction of sp³-hybridized carbons (Fsp3) is 0.357. The Morgan fingerprint density at radius 2 is 2.00 bits per heavy atom. The van der Waals surface area contributed by atoms with Crippen LogP contribution in [0.25, 0.3) is 0 Å². The van der Waals surface area contributed by atoms with Crippen molar-refractivity contribution in [2.45, 2.75) is 23.8 Å². The molecular weight excluding hydrogens is 260 g/mol. The molecule has 102 valence electrons. The summed E-state index contributed by atoms with van der Waals surface area (Å²) in [6.07, 6.45) is 3.40. The van der Waals surface area contributed by atoms with E-state index in [0.29, 0.717) is 6.04 Å². The van der Waals surface area contributed by atoms with Crippen LogP contribution in [0.3, 0.4) is 0 Å². The zero-order chi connectivity index (χ0) is 13.3. The van der Waals surface area contributed by atoms with Gasteiger partial charge in [0.25, 0.3) is 5.91 Å². The van der Waals surface area contributed by atoms with E-state index in [1.54, 1.807) is 5.41 Å². The molecule has 1 heterocycles. The molecule has 4 nitrogen and oxygen atoms in total. The van der Waals surface area contributed by atoms with Gasteiger partial charge < -0.3 is 4.74 Å². The highest BCUT2D eigenvalue weighted by Gasteiger charge is 2.12. The molecule has 0 radical (unpaired) electrons. The maximum atomic E-state index is 11.6. The van der Waals surface area contributed by atoms with Crippen LogP contribution in [0.2, 0.25) is 0 Å². The van der Waals surface area contributed by atoms with Crippen LogP contribution in [0.15, 0.2) is 46.7 Å². The van der Waals surface area contributed by atoms with Gasteiger partial charge in [0.1, 0.15) is 0 Å². The lowest BCUT2D eigenvalue weighted by atomic mass is 10.1. The molecule has 1 aliphatic heterocycles. The minimum atomic E-state index is -0.130. The van der Waals surface area contributed by atoms with Crippen molar-refractivity contribution in [3.63, 3.8) is 0 Å². The van der Waals surface area contributed by atoms with Crippen molar-refractivity contribution >= 4 is 17.7 Å². The molecule has 1 amide bonds. The van der Waals surface area contributed by atoms with Crippen molar-refractivity contribution in [1.82, 2.24) is 10.9 Å². The average molecular weight is 278 g/mol. The smallest absolute Gasteiger partial charge is 0.258 e. The first-order chi connectivity index (χ1) is 9.34. The van der Waals surface area contributed by atoms with Crippen LogP contribution in [-0.2, 0) is 9.53 Å². The molecule has 1 aromatic carbocycles. The molecule has 1 aliphatic rings. The maximum absolute atomic E-state index is 11.6. The Balaban J connectivity index is 1.66. The number of carbonyl (C=O) groups excluding carboxylic acids is 1. The largest absolute Gasteiger partial charge is 0.381 e. The summed E-state index contributed by atoms with van der Waals surface area (Å²) in [4.78, 5) is 12.7. The Hall–Kier alpha value is -1.30. The maximum Gasteiger partial charge on any atom is 0.258 e. The lowest BCUT2D eigenvalue weighted by molar-refractivity contribution is -0.117. The second kappa shape index (κ2) is 7.99. The van der Waals surface area contributed by atoms with E-state index in [2.05, 4.69) is 10.9 Å². The minimum absolute atomic E-state index is 0.130. The fourth-order valence-corrected chi connectivity index (χ4v) is 2.39. The molecule has 0 bridgehead atoms. The number of benzene rings is 1. The molecule has 19 heavy (non-hydrogen) atoms. The molecule has 0 aliphatic carbocycles. The zero-order valence-corrected chi connectivity index (χ0v) is 11.5. The molecule has 0 saturated carbocycles. The zero-order valence-electron chi connectivity index (χ0n) is 10.7. The first kappa shape index (κ1) is 14.1. The number of hydrazine groups is 1. The third-order valence-electron chi connectivity index (χ3n) is 2.79. The summed E-state index contributed by atoms with van der Waals surface area (Å²) in [5, 5.41) is 1.79. The highest BCUT2D eigenvalue weighted by atomic mass is 32.2. The lowest BCUT2D eigenvalue weighted by Gasteiger charge is -2.22. The predicted molar refractivity (Wildman–Crippen MR) is 76.6 cm³/mol. The molecular formula is C14H18N2O2S. The normalized spacial score (nSPS) is 16.6. The molecule has 0 unspecified atom stereocenters. The Bertz CT molecular complexity index is 417. The van der Waals surface area contributed by atoms with E-state index >= 15 is 0 Å². The first-order valence-electron chi connectivity index (χ1n) is 6.36. The van der Waals surface area contributed by atoms with E-state index in [9.17, 15) is 4.79 Å². The van der Waals surface area contributed by atoms with Gasteiger partial charge >= 0.3 is 0 Å². The SMILES string of the molecule is O=C(/C=C/Sc1ccccc1)NNC1CCOCC1. The monoisotopic (exact) mass is 278 g/mol. The number of carbonyl (C=O) groups is 1. The van der Waals surface area contributed by atoms with Gasteiger partial charge in [-0.15, -0.1) is 0 Å². The Morgan fingerprint density at radius 3 is 2.74 bits per heavy atom. The number of hydrogen-bond acceptors (Lipinski definition) is 4. The molecule has 1 saturated heterocycles. The highest BCUT2D eigenvalue weighted by Crippen LogP contribution is 2.17. The summed E-state index contributed by atoms with van der Waals surface area (Å²) in [6.45, 7) is 1.51. The number of amides is 1. The van der Waals surface area contributed by atoms with Crippen LogP contribution in [0.1, 0.15) is 12.8 Å². The van der Waals surface area contributed by atoms with Gasteiger partial charge in [-0.3, -0.25) is 10.2 Å². The fourth-order valence-electron chi connectivity index (χ4n) is 1.73. The van der Waals surface area contributed by atoms with Gasteiger partial charge in [0.05, 0.1) is 0 Å². The number of ether oxygens (including phenoxy) is 1. The standard InChI is InChI=1S/C14H18N2O2S/c17-14(16-15-12-6-9-18-10-7-12)8-11-19-13-4-2-1-3-5-13/h1-5,8,11-12,15H,6-7,9-10H2,(H,16,17)/b11-8+. The van der Waals surface area contributed by atoms with Gasteiger partial charge in [-0.05, 0) is 30.4 Å². The molecule has 2 rings (SSSR count). The van der Waals surface area contributed by atoms with Crippen molar-refractivity contribution in [2.24, 2.45) is 0 Å². The Morgan fingerprint density at radius 1 is 1.26 bits per heavy atom. The molecule has 0 spiro atoms. The van der Waals surface area contributed by atoms with Gasteiger partial charge in [-0.1, -0.05) is 30.0 Å². The van der Waals surface area contributed by atoms with Crippen LogP contribution in [-0.4, -0.2) is 25.2 Å². The summed E-state index contributed by atoms with van der Waals surface area (Å²) in [7, 11) is 0. The quantitative estimate of drug-likeness (QED) is 0.492. The molecule has 1 aromatic rings. The summed E-state index contributed by atoms with van der Waals surface area (Å²) in [5.74, 6) is -0.130. The van der Waals surface area contributed by atoms with Gasteiger partial charge in [0, 0.05) is 30.2 Å². The van der Waals surface area contributed by atoms with E-state index in [1.165, 1.54) is 17.8 Å². The summed E-state index contributed by atoms with van der Waals surface area (Å²) < 4.78 is 5.25. The first-order valence-corrected chi connectivity index (χ1v) is 7.24. The van der Waals surface area contributed by atoms with Gasteiger partial charge in [0.15, 0.2) is 0 Å². The van der Waals surface area contributed by atoms with Gasteiger partial charge in [-0.25, -0.2) is 5.43 Å². The molecule has 0 aromatic heterocycles. The molecule has 2 N–H and O–H groups in total. The van der Waals surface area contributed by atoms with E-state index in [1.807, 2.05) is 30.3 Å². The average Bonchev–Trinajstić information content (AvgIpc) is 2.47. The summed E-state index contributed by atoms with van der Waals surface area (Å²) >= 11 is 1.52. The van der Waals surface area contributed by atoms with Crippen molar-refractivity contribution in [2.75, 3.05) is 13.2 Å². The van der Waals surface area contributed by atoms with Crippen molar-refractivity contribution in [3.8, 4) is 0 Å². The lowest BCUT2D eigenvalue weighted by Crippen LogP contribution is -2.46. The van der Waals surface area contributed by atoms with Crippen LogP contribution < -0.4 is 10.9 Å². The van der Waals surface area contributed by atoms with Crippen LogP contribution >= 0.6 is 11.8 Å². The van der Waals surface area contributed by atoms with Gasteiger partial charge in [0.2, 0.25) is 0 Å². The second-order valence-corrected chi connectivity index (χ2v) is 5.23. The second-order valence-electron chi connectivity index (χ2n) is 4.25. The number of rotatable bonds is 5. The number of nitrogens with one attached hydrogen (secondary N) is 2. The summed E-state index contributed by atoms with van der Waals surface area (Å²) in [6, 6.07) is 10.2. The van der Waals surface area contributed by atoms with Crippen LogP contribution in [0, 0.1) is 0 Å². The van der Waals surface area contributed by atoms with Crippen molar-refractivity contribution in [3.05, 3.63) is 41.8 Å².